The van der Waals surface area contributed by atoms with Gasteiger partial charge in [0.2, 0.25) is 5.91 Å². The van der Waals surface area contributed by atoms with Crippen molar-refractivity contribution in [1.29, 1.82) is 0 Å². The molecule has 1 amide bonds. The summed E-state index contributed by atoms with van der Waals surface area (Å²) in [7, 11) is 0. The molecule has 0 spiro atoms. The van der Waals surface area contributed by atoms with Gasteiger partial charge < -0.3 is 16.0 Å². The zero-order valence-corrected chi connectivity index (χ0v) is 16.3. The van der Waals surface area contributed by atoms with E-state index in [1.807, 2.05) is 42.7 Å². The lowest BCUT2D eigenvalue weighted by Gasteiger charge is -2.16. The van der Waals surface area contributed by atoms with Crippen LogP contribution in [0.2, 0.25) is 0 Å². The number of primary amides is 1. The summed E-state index contributed by atoms with van der Waals surface area (Å²) in [6.07, 6.45) is 5.11. The molecule has 2 aromatic heterocycles. The lowest BCUT2D eigenvalue weighted by Crippen LogP contribution is -2.15. The molecule has 6 heteroatoms. The molecule has 6 nitrogen and oxygen atoms in total. The van der Waals surface area contributed by atoms with Crippen LogP contribution in [0.25, 0.3) is 21.9 Å². The van der Waals surface area contributed by atoms with Crippen LogP contribution >= 0.6 is 0 Å². The largest absolute Gasteiger partial charge is 0.382 e. The predicted molar refractivity (Wildman–Crippen MR) is 116 cm³/mol. The van der Waals surface area contributed by atoms with E-state index in [1.165, 1.54) is 5.56 Å². The number of fused-ring (bicyclic) bond motifs is 3. The third-order valence-corrected chi connectivity index (χ3v) is 5.40. The van der Waals surface area contributed by atoms with E-state index in [-0.39, 0.29) is 11.8 Å². The van der Waals surface area contributed by atoms with E-state index in [0.29, 0.717) is 12.2 Å². The first-order valence-electron chi connectivity index (χ1n) is 9.96. The van der Waals surface area contributed by atoms with Crippen LogP contribution in [-0.2, 0) is 11.3 Å². The molecule has 0 aliphatic rings. The highest BCUT2D eigenvalue weighted by Gasteiger charge is 2.15. The number of carbonyl (C=O) groups excluding carboxylic acids is 1. The van der Waals surface area contributed by atoms with Crippen molar-refractivity contribution in [3.05, 3.63) is 66.5 Å². The number of rotatable bonds is 8. The van der Waals surface area contributed by atoms with Crippen molar-refractivity contribution >= 4 is 33.7 Å². The average molecular weight is 387 g/mol. The van der Waals surface area contributed by atoms with E-state index < -0.39 is 0 Å². The van der Waals surface area contributed by atoms with Gasteiger partial charge in [-0.05, 0) is 30.4 Å². The van der Waals surface area contributed by atoms with Gasteiger partial charge in [-0.3, -0.25) is 4.79 Å². The Morgan fingerprint density at radius 2 is 1.79 bits per heavy atom. The summed E-state index contributed by atoms with van der Waals surface area (Å²) in [5.41, 5.74) is 15.4. The van der Waals surface area contributed by atoms with Crippen LogP contribution in [0.1, 0.15) is 37.2 Å². The van der Waals surface area contributed by atoms with Crippen LogP contribution in [0.3, 0.4) is 0 Å². The molecule has 0 fully saturated rings. The molecule has 29 heavy (non-hydrogen) atoms. The van der Waals surface area contributed by atoms with Crippen molar-refractivity contribution in [3.8, 4) is 0 Å². The van der Waals surface area contributed by atoms with Crippen LogP contribution in [0.5, 0.6) is 0 Å². The summed E-state index contributed by atoms with van der Waals surface area (Å²) in [6.45, 7) is 0.835. The SMILES string of the molecule is NC(=O)CC(CCCCn1cnc2c(N)nc3ccccc3c21)c1ccccc1. The van der Waals surface area contributed by atoms with Gasteiger partial charge in [0.15, 0.2) is 5.82 Å². The van der Waals surface area contributed by atoms with Gasteiger partial charge in [-0.2, -0.15) is 0 Å². The summed E-state index contributed by atoms with van der Waals surface area (Å²) in [4.78, 5) is 20.4. The molecule has 0 aliphatic carbocycles. The Labute approximate surface area is 169 Å². The van der Waals surface area contributed by atoms with E-state index in [1.54, 1.807) is 0 Å². The van der Waals surface area contributed by atoms with E-state index in [2.05, 4.69) is 32.7 Å². The number of hydrogen-bond acceptors (Lipinski definition) is 4. The van der Waals surface area contributed by atoms with Crippen LogP contribution in [0, 0.1) is 0 Å². The summed E-state index contributed by atoms with van der Waals surface area (Å²) >= 11 is 0. The molecule has 4 N–H and O–H groups in total. The number of para-hydroxylation sites is 1. The highest BCUT2D eigenvalue weighted by atomic mass is 16.1. The fourth-order valence-electron chi connectivity index (χ4n) is 4.00. The Bertz CT molecular complexity index is 1140. The zero-order chi connectivity index (χ0) is 20.2. The van der Waals surface area contributed by atoms with Crippen molar-refractivity contribution in [3.63, 3.8) is 0 Å². The van der Waals surface area contributed by atoms with Crippen LogP contribution < -0.4 is 11.5 Å². The molecule has 0 aliphatic heterocycles. The monoisotopic (exact) mass is 387 g/mol. The van der Waals surface area contributed by atoms with Crippen LogP contribution in [0.15, 0.2) is 60.9 Å². The maximum Gasteiger partial charge on any atom is 0.218 e. The van der Waals surface area contributed by atoms with Crippen molar-refractivity contribution in [1.82, 2.24) is 14.5 Å². The number of amides is 1. The number of aryl methyl sites for hydroxylation is 1. The Balaban J connectivity index is 1.48. The quantitative estimate of drug-likeness (QED) is 0.446. The third-order valence-electron chi connectivity index (χ3n) is 5.40. The number of benzene rings is 2. The number of nitrogens with two attached hydrogens (primary N) is 2. The Morgan fingerprint density at radius 3 is 2.59 bits per heavy atom. The molecule has 4 rings (SSSR count). The van der Waals surface area contributed by atoms with E-state index in [4.69, 9.17) is 11.5 Å². The Hall–Kier alpha value is -3.41. The lowest BCUT2D eigenvalue weighted by atomic mass is 9.90. The highest BCUT2D eigenvalue weighted by Crippen LogP contribution is 2.28. The number of carbonyl (C=O) groups is 1. The second-order valence-electron chi connectivity index (χ2n) is 7.42. The fraction of sp³-hybridized carbons (Fsp3) is 0.261. The number of nitrogens with zero attached hydrogens (tertiary/aromatic N) is 3. The molecule has 1 unspecified atom stereocenters. The minimum absolute atomic E-state index is 0.161. The highest BCUT2D eigenvalue weighted by molar-refractivity contribution is 6.06. The van der Waals surface area contributed by atoms with Gasteiger partial charge in [0, 0.05) is 18.4 Å². The fourth-order valence-corrected chi connectivity index (χ4v) is 4.00. The van der Waals surface area contributed by atoms with Crippen molar-refractivity contribution in [2.75, 3.05) is 5.73 Å². The summed E-state index contributed by atoms with van der Waals surface area (Å²) in [6, 6.07) is 18.1. The number of hydrogen-bond donors (Lipinski definition) is 2. The minimum atomic E-state index is -0.256. The molecule has 0 radical (unpaired) electrons. The normalized spacial score (nSPS) is 12.4. The molecular formula is C23H25N5O. The smallest absolute Gasteiger partial charge is 0.218 e. The summed E-state index contributed by atoms with van der Waals surface area (Å²) in [5, 5.41) is 1.06. The Kier molecular flexibility index (Phi) is 5.42. The molecule has 0 saturated carbocycles. The number of pyridine rings is 1. The zero-order valence-electron chi connectivity index (χ0n) is 16.3. The number of aromatic nitrogens is 3. The van der Waals surface area contributed by atoms with Crippen molar-refractivity contribution in [2.24, 2.45) is 5.73 Å². The van der Waals surface area contributed by atoms with Crippen LogP contribution in [-0.4, -0.2) is 20.4 Å². The first-order valence-corrected chi connectivity index (χ1v) is 9.96. The molecule has 0 saturated heterocycles. The molecule has 0 bridgehead atoms. The molecule has 2 heterocycles. The van der Waals surface area contributed by atoms with Gasteiger partial charge in [-0.25, -0.2) is 9.97 Å². The summed E-state index contributed by atoms with van der Waals surface area (Å²) in [5.74, 6) is 0.367. The van der Waals surface area contributed by atoms with Gasteiger partial charge in [-0.15, -0.1) is 0 Å². The van der Waals surface area contributed by atoms with Crippen molar-refractivity contribution < 1.29 is 4.79 Å². The number of anilines is 1. The maximum absolute atomic E-state index is 11.5. The van der Waals surface area contributed by atoms with E-state index >= 15 is 0 Å². The van der Waals surface area contributed by atoms with Crippen LogP contribution in [0.4, 0.5) is 5.82 Å². The van der Waals surface area contributed by atoms with Gasteiger partial charge in [0.05, 0.1) is 17.4 Å². The first-order chi connectivity index (χ1) is 14.1. The topological polar surface area (TPSA) is 99.8 Å². The number of imidazole rings is 1. The number of nitrogen functional groups attached to an aromatic ring is 1. The average Bonchev–Trinajstić information content (AvgIpc) is 3.16. The van der Waals surface area contributed by atoms with Gasteiger partial charge in [0.1, 0.15) is 5.52 Å². The van der Waals surface area contributed by atoms with Gasteiger partial charge in [-0.1, -0.05) is 55.0 Å². The second kappa shape index (κ2) is 8.31. The standard InChI is InChI=1S/C23H25N5O/c24-20(29)14-17(16-8-2-1-3-9-16)10-6-7-13-28-15-26-21-22(28)18-11-4-5-12-19(18)27-23(21)25/h1-5,8-9,11-12,15,17H,6-7,10,13-14H2,(H2,24,29)(H2,25,27). The van der Waals surface area contributed by atoms with E-state index in [9.17, 15) is 4.79 Å². The molecule has 2 aromatic carbocycles. The maximum atomic E-state index is 11.5. The van der Waals surface area contributed by atoms with Gasteiger partial charge in [0.25, 0.3) is 0 Å². The molecular weight excluding hydrogens is 362 g/mol. The van der Waals surface area contributed by atoms with Gasteiger partial charge >= 0.3 is 0 Å². The minimum Gasteiger partial charge on any atom is -0.382 e. The molecule has 148 valence electrons. The summed E-state index contributed by atoms with van der Waals surface area (Å²) < 4.78 is 2.15. The molecule has 4 aromatic rings. The number of unbranched alkanes of at least 4 members (excludes halogenated alkanes) is 1. The first kappa shape index (κ1) is 18.9. The predicted octanol–water partition coefficient (Wildman–Crippen LogP) is 4.00. The lowest BCUT2D eigenvalue weighted by molar-refractivity contribution is -0.118. The van der Waals surface area contributed by atoms with Crippen molar-refractivity contribution in [2.45, 2.75) is 38.1 Å². The van der Waals surface area contributed by atoms with E-state index in [0.717, 1.165) is 47.7 Å². The third kappa shape index (κ3) is 4.06. The molecule has 1 atom stereocenters. The second-order valence-corrected chi connectivity index (χ2v) is 7.42. The Morgan fingerprint density at radius 1 is 1.03 bits per heavy atom.